The number of Topliss-reactive ketones (excluding diaryl/α,β-unsaturated/α-hetero) is 1. The summed E-state index contributed by atoms with van der Waals surface area (Å²) in [5.74, 6) is -0.0337. The molecule has 0 aromatic heterocycles. The maximum Gasteiger partial charge on any atom is 0.187 e. The third-order valence-corrected chi connectivity index (χ3v) is 2.76. The van der Waals surface area contributed by atoms with Gasteiger partial charge in [0.15, 0.2) is 5.78 Å². The van der Waals surface area contributed by atoms with E-state index in [1.807, 2.05) is 19.9 Å². The zero-order valence-electron chi connectivity index (χ0n) is 9.12. The lowest BCUT2D eigenvalue weighted by molar-refractivity contribution is -0.125. The third-order valence-electron chi connectivity index (χ3n) is 2.76. The van der Waals surface area contributed by atoms with Crippen LogP contribution in [0, 0.1) is 5.92 Å². The Morgan fingerprint density at radius 1 is 1.36 bits per heavy atom. The van der Waals surface area contributed by atoms with Crippen LogP contribution in [0.2, 0.25) is 0 Å². The molecule has 1 aliphatic rings. The Labute approximate surface area is 86.0 Å². The summed E-state index contributed by atoms with van der Waals surface area (Å²) in [5, 5.41) is 9.65. The largest absolute Gasteiger partial charge is 0.385 e. The van der Waals surface area contributed by atoms with E-state index >= 15 is 0 Å². The fourth-order valence-electron chi connectivity index (χ4n) is 1.73. The second-order valence-corrected chi connectivity index (χ2v) is 4.38. The Balaban J connectivity index is 2.62. The zero-order chi connectivity index (χ0) is 10.6. The van der Waals surface area contributed by atoms with Crippen LogP contribution >= 0.6 is 0 Å². The first-order chi connectivity index (χ1) is 6.63. The van der Waals surface area contributed by atoms with Crippen LogP contribution in [0.4, 0.5) is 0 Å². The zero-order valence-corrected chi connectivity index (χ0v) is 9.12. The monoisotopic (exact) mass is 196 g/mol. The van der Waals surface area contributed by atoms with Crippen LogP contribution in [0.5, 0.6) is 0 Å². The maximum atomic E-state index is 11.8. The van der Waals surface area contributed by atoms with Gasteiger partial charge in [-0.2, -0.15) is 0 Å². The van der Waals surface area contributed by atoms with Gasteiger partial charge in [-0.1, -0.05) is 26.3 Å². The number of hydrogen-bond donors (Lipinski definition) is 1. The lowest BCUT2D eigenvalue weighted by Gasteiger charge is -2.14. The fraction of sp³-hybridized carbons (Fsp3) is 0.750. The van der Waals surface area contributed by atoms with E-state index in [0.717, 1.165) is 24.8 Å². The second kappa shape index (κ2) is 5.30. The smallest absolute Gasteiger partial charge is 0.187 e. The van der Waals surface area contributed by atoms with E-state index in [1.165, 1.54) is 12.8 Å². The van der Waals surface area contributed by atoms with Gasteiger partial charge in [-0.3, -0.25) is 4.79 Å². The van der Waals surface area contributed by atoms with Crippen LogP contribution in [0.25, 0.3) is 0 Å². The molecule has 0 bridgehead atoms. The summed E-state index contributed by atoms with van der Waals surface area (Å²) in [6.45, 7) is 3.75. The van der Waals surface area contributed by atoms with E-state index in [0.29, 0.717) is 0 Å². The van der Waals surface area contributed by atoms with Crippen molar-refractivity contribution in [2.75, 3.05) is 0 Å². The molecule has 1 N–H and O–H groups in total. The van der Waals surface area contributed by atoms with E-state index in [1.54, 1.807) is 0 Å². The van der Waals surface area contributed by atoms with Crippen molar-refractivity contribution in [2.45, 2.75) is 52.1 Å². The van der Waals surface area contributed by atoms with Gasteiger partial charge in [-0.25, -0.2) is 0 Å². The highest BCUT2D eigenvalue weighted by Crippen LogP contribution is 2.20. The minimum absolute atomic E-state index is 0.0200. The number of allylic oxidation sites excluding steroid dienone is 1. The molecule has 0 saturated carbocycles. The molecular formula is C12H20O2. The van der Waals surface area contributed by atoms with Crippen LogP contribution < -0.4 is 0 Å². The summed E-state index contributed by atoms with van der Waals surface area (Å²) in [6.07, 6.45) is 6.51. The molecule has 0 aliphatic heterocycles. The molecular weight excluding hydrogens is 176 g/mol. The molecule has 1 rings (SSSR count). The molecule has 0 spiro atoms. The third kappa shape index (κ3) is 2.95. The molecule has 1 atom stereocenters. The van der Waals surface area contributed by atoms with Gasteiger partial charge in [0, 0.05) is 0 Å². The van der Waals surface area contributed by atoms with Gasteiger partial charge in [0.2, 0.25) is 0 Å². The predicted molar refractivity (Wildman–Crippen MR) is 57.0 cm³/mol. The summed E-state index contributed by atoms with van der Waals surface area (Å²) < 4.78 is 0. The van der Waals surface area contributed by atoms with Gasteiger partial charge in [-0.05, 0) is 37.2 Å². The Morgan fingerprint density at radius 2 is 2.07 bits per heavy atom. The number of carbonyl (C=O) groups is 1. The number of rotatable bonds is 3. The number of hydrogen-bond acceptors (Lipinski definition) is 2. The van der Waals surface area contributed by atoms with Crippen LogP contribution in [0.1, 0.15) is 46.0 Å². The van der Waals surface area contributed by atoms with Crippen LogP contribution in [-0.4, -0.2) is 17.0 Å². The van der Waals surface area contributed by atoms with Crippen molar-refractivity contribution in [1.82, 2.24) is 0 Å². The molecule has 14 heavy (non-hydrogen) atoms. The standard InChI is InChI=1S/C12H20O2/c1-9(2)11(13)12(14)10-7-5-3-4-6-8-10/h7,9,11,13H,3-6,8H2,1-2H3. The van der Waals surface area contributed by atoms with Crippen molar-refractivity contribution >= 4 is 5.78 Å². The maximum absolute atomic E-state index is 11.8. The molecule has 0 heterocycles. The van der Waals surface area contributed by atoms with Crippen molar-refractivity contribution in [2.24, 2.45) is 5.92 Å². The van der Waals surface area contributed by atoms with Crippen LogP contribution in [-0.2, 0) is 4.79 Å². The first-order valence-electron chi connectivity index (χ1n) is 5.54. The van der Waals surface area contributed by atoms with E-state index < -0.39 is 6.10 Å². The van der Waals surface area contributed by atoms with Gasteiger partial charge >= 0.3 is 0 Å². The summed E-state index contributed by atoms with van der Waals surface area (Å²) >= 11 is 0. The average molecular weight is 196 g/mol. The normalized spacial score (nSPS) is 20.1. The van der Waals surface area contributed by atoms with Gasteiger partial charge in [-0.15, -0.1) is 0 Å². The van der Waals surface area contributed by atoms with Gasteiger partial charge in [0.05, 0.1) is 0 Å². The predicted octanol–water partition coefficient (Wildman–Crippen LogP) is 2.46. The molecule has 0 aromatic rings. The minimum Gasteiger partial charge on any atom is -0.385 e. The van der Waals surface area contributed by atoms with Crippen LogP contribution in [0.15, 0.2) is 11.6 Å². The Kier molecular flexibility index (Phi) is 4.33. The van der Waals surface area contributed by atoms with Gasteiger partial charge in [0.25, 0.3) is 0 Å². The number of aliphatic hydroxyl groups is 1. The lowest BCUT2D eigenvalue weighted by Crippen LogP contribution is -2.27. The SMILES string of the molecule is CC(C)C(O)C(=O)C1=CCCCCC1. The fourth-order valence-corrected chi connectivity index (χ4v) is 1.73. The van der Waals surface area contributed by atoms with Gasteiger partial charge < -0.3 is 5.11 Å². The quantitative estimate of drug-likeness (QED) is 0.753. The number of carbonyl (C=O) groups excluding carboxylic acids is 1. The minimum atomic E-state index is -0.806. The van der Waals surface area contributed by atoms with Crippen molar-refractivity contribution in [3.63, 3.8) is 0 Å². The number of aliphatic hydroxyl groups excluding tert-OH is 1. The molecule has 1 unspecified atom stereocenters. The molecule has 0 saturated heterocycles. The second-order valence-electron chi connectivity index (χ2n) is 4.38. The molecule has 2 heteroatoms. The summed E-state index contributed by atoms with van der Waals surface area (Å²) in [5.41, 5.74) is 0.851. The lowest BCUT2D eigenvalue weighted by atomic mass is 9.95. The average Bonchev–Trinajstić information content (AvgIpc) is 2.43. The first kappa shape index (κ1) is 11.4. The molecule has 0 amide bonds. The molecule has 0 aromatic carbocycles. The van der Waals surface area contributed by atoms with Crippen molar-refractivity contribution in [3.05, 3.63) is 11.6 Å². The van der Waals surface area contributed by atoms with Crippen molar-refractivity contribution in [3.8, 4) is 0 Å². The van der Waals surface area contributed by atoms with Gasteiger partial charge in [0.1, 0.15) is 6.10 Å². The molecule has 2 nitrogen and oxygen atoms in total. The Morgan fingerprint density at radius 3 is 2.71 bits per heavy atom. The highest BCUT2D eigenvalue weighted by atomic mass is 16.3. The summed E-state index contributed by atoms with van der Waals surface area (Å²) in [6, 6.07) is 0. The van der Waals surface area contributed by atoms with E-state index in [-0.39, 0.29) is 11.7 Å². The van der Waals surface area contributed by atoms with E-state index in [4.69, 9.17) is 0 Å². The van der Waals surface area contributed by atoms with Crippen molar-refractivity contribution in [1.29, 1.82) is 0 Å². The highest BCUT2D eigenvalue weighted by molar-refractivity contribution is 5.98. The van der Waals surface area contributed by atoms with E-state index in [9.17, 15) is 9.90 Å². The number of ketones is 1. The summed E-state index contributed by atoms with van der Waals surface area (Å²) in [7, 11) is 0. The van der Waals surface area contributed by atoms with E-state index in [2.05, 4.69) is 0 Å². The highest BCUT2D eigenvalue weighted by Gasteiger charge is 2.22. The first-order valence-corrected chi connectivity index (χ1v) is 5.54. The topological polar surface area (TPSA) is 37.3 Å². The Bertz CT molecular complexity index is 228. The molecule has 0 fully saturated rings. The Hall–Kier alpha value is -0.630. The molecule has 0 radical (unpaired) electrons. The molecule has 80 valence electrons. The summed E-state index contributed by atoms with van der Waals surface area (Å²) in [4.78, 5) is 11.8. The molecule has 1 aliphatic carbocycles. The van der Waals surface area contributed by atoms with Crippen LogP contribution in [0.3, 0.4) is 0 Å². The van der Waals surface area contributed by atoms with Crippen molar-refractivity contribution < 1.29 is 9.90 Å².